The van der Waals surface area contributed by atoms with Crippen molar-refractivity contribution >= 4 is 17.8 Å². The Kier molecular flexibility index (Phi) is 7.59. The van der Waals surface area contributed by atoms with Gasteiger partial charge in [-0.1, -0.05) is 37.3 Å². The number of nitrogens with one attached hydrogen (secondary N) is 1. The molecule has 0 aliphatic carbocycles. The van der Waals surface area contributed by atoms with Crippen LogP contribution in [-0.2, 0) is 25.7 Å². The number of hydrogen-bond donors (Lipinski definition) is 1. The minimum Gasteiger partial charge on any atom is -0.468 e. The molecular formula is C19H27N3O4. The third-order valence-electron chi connectivity index (χ3n) is 4.58. The van der Waals surface area contributed by atoms with E-state index in [1.54, 1.807) is 11.8 Å². The van der Waals surface area contributed by atoms with Gasteiger partial charge in [0.25, 0.3) is 0 Å². The average molecular weight is 361 g/mol. The van der Waals surface area contributed by atoms with Crippen LogP contribution in [0.3, 0.4) is 0 Å². The summed E-state index contributed by atoms with van der Waals surface area (Å²) in [6.45, 7) is 4.87. The van der Waals surface area contributed by atoms with Crippen molar-refractivity contribution in [1.29, 1.82) is 0 Å². The first-order valence-corrected chi connectivity index (χ1v) is 8.94. The molecular weight excluding hydrogens is 334 g/mol. The fourth-order valence-electron chi connectivity index (χ4n) is 2.99. The summed E-state index contributed by atoms with van der Waals surface area (Å²) in [5.74, 6) is -1.44. The van der Waals surface area contributed by atoms with Gasteiger partial charge in [0, 0.05) is 32.7 Å². The van der Waals surface area contributed by atoms with Crippen LogP contribution in [0.5, 0.6) is 0 Å². The molecule has 0 aromatic heterocycles. The molecule has 7 heteroatoms. The van der Waals surface area contributed by atoms with E-state index < -0.39 is 11.9 Å². The second-order valence-corrected chi connectivity index (χ2v) is 6.35. The first-order chi connectivity index (χ1) is 12.5. The summed E-state index contributed by atoms with van der Waals surface area (Å²) < 4.78 is 4.70. The van der Waals surface area contributed by atoms with Gasteiger partial charge in [-0.3, -0.25) is 19.3 Å². The number of piperazine rings is 1. The molecule has 142 valence electrons. The monoisotopic (exact) mass is 361 g/mol. The Balaban J connectivity index is 1.74. The molecule has 0 spiro atoms. The normalized spacial score (nSPS) is 16.0. The third kappa shape index (κ3) is 5.56. The lowest BCUT2D eigenvalue weighted by molar-refractivity contribution is -0.154. The van der Waals surface area contributed by atoms with Gasteiger partial charge in [-0.25, -0.2) is 0 Å². The van der Waals surface area contributed by atoms with Crippen LogP contribution in [0.15, 0.2) is 30.3 Å². The van der Waals surface area contributed by atoms with Gasteiger partial charge in [-0.05, 0) is 12.0 Å². The van der Waals surface area contributed by atoms with E-state index in [1.807, 2.05) is 35.2 Å². The number of amides is 2. The molecule has 1 heterocycles. The molecule has 7 nitrogen and oxygen atoms in total. The molecule has 0 unspecified atom stereocenters. The lowest BCUT2D eigenvalue weighted by Crippen LogP contribution is -2.53. The number of ether oxygens (including phenoxy) is 1. The Morgan fingerprint density at radius 2 is 1.77 bits per heavy atom. The van der Waals surface area contributed by atoms with Crippen molar-refractivity contribution in [3.63, 3.8) is 0 Å². The molecule has 0 radical (unpaired) electrons. The highest BCUT2D eigenvalue weighted by Crippen LogP contribution is 2.12. The first kappa shape index (κ1) is 19.9. The summed E-state index contributed by atoms with van der Waals surface area (Å²) >= 11 is 0. The van der Waals surface area contributed by atoms with Crippen molar-refractivity contribution in [1.82, 2.24) is 15.1 Å². The van der Waals surface area contributed by atoms with Crippen molar-refractivity contribution in [2.75, 3.05) is 39.8 Å². The minimum atomic E-state index is -0.735. The largest absolute Gasteiger partial charge is 0.468 e. The van der Waals surface area contributed by atoms with Gasteiger partial charge in [0.05, 0.1) is 13.7 Å². The molecule has 0 saturated carbocycles. The number of hydrogen-bond acceptors (Lipinski definition) is 5. The van der Waals surface area contributed by atoms with Crippen molar-refractivity contribution in [3.05, 3.63) is 35.9 Å². The van der Waals surface area contributed by atoms with Crippen LogP contribution in [0, 0.1) is 5.92 Å². The van der Waals surface area contributed by atoms with E-state index in [0.29, 0.717) is 45.7 Å². The average Bonchev–Trinajstić information content (AvgIpc) is 2.68. The van der Waals surface area contributed by atoms with Gasteiger partial charge in [0.1, 0.15) is 5.92 Å². The predicted molar refractivity (Wildman–Crippen MR) is 97.1 cm³/mol. The molecule has 0 bridgehead atoms. The SMILES string of the molecule is CC[C@H](C(=O)OC)C(=O)N1CCN(CC(=O)NCc2ccccc2)CC1. The van der Waals surface area contributed by atoms with E-state index in [-0.39, 0.29) is 11.8 Å². The molecule has 1 atom stereocenters. The Morgan fingerprint density at radius 3 is 2.35 bits per heavy atom. The first-order valence-electron chi connectivity index (χ1n) is 8.94. The van der Waals surface area contributed by atoms with Crippen molar-refractivity contribution in [2.24, 2.45) is 5.92 Å². The number of benzene rings is 1. The van der Waals surface area contributed by atoms with E-state index in [1.165, 1.54) is 7.11 Å². The smallest absolute Gasteiger partial charge is 0.318 e. The number of methoxy groups -OCH3 is 1. The van der Waals surface area contributed by atoms with Gasteiger partial charge in [-0.2, -0.15) is 0 Å². The molecule has 1 aromatic carbocycles. The summed E-state index contributed by atoms with van der Waals surface area (Å²) in [6.07, 6.45) is 0.424. The second-order valence-electron chi connectivity index (χ2n) is 6.35. The maximum absolute atomic E-state index is 12.4. The molecule has 1 aliphatic heterocycles. The molecule has 1 saturated heterocycles. The van der Waals surface area contributed by atoms with Crippen molar-refractivity contribution < 1.29 is 19.1 Å². The van der Waals surface area contributed by atoms with E-state index in [9.17, 15) is 14.4 Å². The van der Waals surface area contributed by atoms with Gasteiger partial charge in [0.15, 0.2) is 0 Å². The summed E-state index contributed by atoms with van der Waals surface area (Å²) in [5.41, 5.74) is 1.06. The van der Waals surface area contributed by atoms with E-state index >= 15 is 0 Å². The fraction of sp³-hybridized carbons (Fsp3) is 0.526. The molecule has 26 heavy (non-hydrogen) atoms. The zero-order valence-electron chi connectivity index (χ0n) is 15.4. The molecule has 1 aromatic rings. The van der Waals surface area contributed by atoms with Gasteiger partial charge in [-0.15, -0.1) is 0 Å². The Hall–Kier alpha value is -2.41. The number of carbonyl (C=O) groups excluding carboxylic acids is 3. The fourth-order valence-corrected chi connectivity index (χ4v) is 2.99. The van der Waals surface area contributed by atoms with Crippen LogP contribution >= 0.6 is 0 Å². The van der Waals surface area contributed by atoms with Crippen LogP contribution in [0.1, 0.15) is 18.9 Å². The summed E-state index contributed by atoms with van der Waals surface area (Å²) in [5, 5.41) is 2.91. The van der Waals surface area contributed by atoms with Crippen LogP contribution < -0.4 is 5.32 Å². The lowest BCUT2D eigenvalue weighted by Gasteiger charge is -2.35. The van der Waals surface area contributed by atoms with Crippen LogP contribution in [-0.4, -0.2) is 67.4 Å². The lowest BCUT2D eigenvalue weighted by atomic mass is 10.0. The highest BCUT2D eigenvalue weighted by molar-refractivity contribution is 5.97. The highest BCUT2D eigenvalue weighted by Gasteiger charge is 2.32. The van der Waals surface area contributed by atoms with Crippen LogP contribution in [0.2, 0.25) is 0 Å². The quantitative estimate of drug-likeness (QED) is 0.570. The van der Waals surface area contributed by atoms with Gasteiger partial charge < -0.3 is 15.0 Å². The maximum atomic E-state index is 12.4. The Bertz CT molecular complexity index is 612. The number of carbonyl (C=O) groups is 3. The summed E-state index contributed by atoms with van der Waals surface area (Å²) in [7, 11) is 1.30. The summed E-state index contributed by atoms with van der Waals surface area (Å²) in [6, 6.07) is 9.76. The third-order valence-corrected chi connectivity index (χ3v) is 4.58. The number of nitrogens with zero attached hydrogens (tertiary/aromatic N) is 2. The number of rotatable bonds is 7. The summed E-state index contributed by atoms with van der Waals surface area (Å²) in [4.78, 5) is 39.9. The Morgan fingerprint density at radius 1 is 1.12 bits per heavy atom. The Labute approximate surface area is 154 Å². The molecule has 1 N–H and O–H groups in total. The standard InChI is InChI=1S/C19H27N3O4/c1-3-16(19(25)26-2)18(24)22-11-9-21(10-12-22)14-17(23)20-13-15-7-5-4-6-8-15/h4-8,16H,3,9-14H2,1-2H3,(H,20,23)/t16-/m0/s1. The molecule has 1 fully saturated rings. The van der Waals surface area contributed by atoms with Gasteiger partial charge in [0.2, 0.25) is 11.8 Å². The van der Waals surface area contributed by atoms with Crippen LogP contribution in [0.4, 0.5) is 0 Å². The highest BCUT2D eigenvalue weighted by atomic mass is 16.5. The van der Waals surface area contributed by atoms with Crippen LogP contribution in [0.25, 0.3) is 0 Å². The van der Waals surface area contributed by atoms with E-state index in [4.69, 9.17) is 4.74 Å². The van der Waals surface area contributed by atoms with E-state index in [0.717, 1.165) is 5.56 Å². The molecule has 2 rings (SSSR count). The molecule has 2 amide bonds. The minimum absolute atomic E-state index is 0.0328. The van der Waals surface area contributed by atoms with Crippen molar-refractivity contribution in [3.8, 4) is 0 Å². The molecule has 1 aliphatic rings. The number of esters is 1. The van der Waals surface area contributed by atoms with Crippen molar-refractivity contribution in [2.45, 2.75) is 19.9 Å². The predicted octanol–water partition coefficient (Wildman–Crippen LogP) is 0.646. The maximum Gasteiger partial charge on any atom is 0.318 e. The zero-order valence-corrected chi connectivity index (χ0v) is 15.4. The second kappa shape index (κ2) is 9.91. The topological polar surface area (TPSA) is 79.0 Å². The van der Waals surface area contributed by atoms with E-state index in [2.05, 4.69) is 5.32 Å². The van der Waals surface area contributed by atoms with Gasteiger partial charge >= 0.3 is 5.97 Å². The zero-order chi connectivity index (χ0) is 18.9.